The van der Waals surface area contributed by atoms with Gasteiger partial charge in [0, 0.05) is 37.9 Å². The number of carbonyl (C=O) groups is 2. The number of carbonyl (C=O) groups excluding carboxylic acids is 2. The molecular weight excluding hydrogens is 420 g/mol. The van der Waals surface area contributed by atoms with Crippen LogP contribution in [0.3, 0.4) is 0 Å². The molecule has 2 aromatic rings. The zero-order valence-corrected chi connectivity index (χ0v) is 18.9. The average molecular weight is 449 g/mol. The summed E-state index contributed by atoms with van der Waals surface area (Å²) in [6.45, 7) is 5.38. The lowest BCUT2D eigenvalue weighted by atomic mass is 10.1. The molecule has 2 aromatic carbocycles. The lowest BCUT2D eigenvalue weighted by Gasteiger charge is -2.29. The second-order valence-corrected chi connectivity index (χ2v) is 8.61. The van der Waals surface area contributed by atoms with E-state index in [1.807, 2.05) is 13.8 Å². The first-order valence-electron chi connectivity index (χ1n) is 9.86. The predicted octanol–water partition coefficient (Wildman–Crippen LogP) is 3.19. The minimum atomic E-state index is -4.11. The number of anilines is 1. The molecular formula is C22H28N2O6S. The standard InChI is InChI=1S/C22H28N2O6S/c1-5-16(2)24(22(26)15-29-4)14-18-8-6-7-9-21(18)30-31(27,28)20-12-10-19(11-13-20)23-17(3)25/h6-13,16H,5,14-15H2,1-4H3,(H,23,25). The van der Waals surface area contributed by atoms with Gasteiger partial charge in [0.25, 0.3) is 0 Å². The highest BCUT2D eigenvalue weighted by Gasteiger charge is 2.23. The summed E-state index contributed by atoms with van der Waals surface area (Å²) in [4.78, 5) is 25.2. The van der Waals surface area contributed by atoms with E-state index < -0.39 is 10.1 Å². The number of nitrogens with one attached hydrogen (secondary N) is 1. The second-order valence-electron chi connectivity index (χ2n) is 7.06. The van der Waals surface area contributed by atoms with Gasteiger partial charge in [-0.15, -0.1) is 0 Å². The molecule has 0 heterocycles. The molecule has 0 radical (unpaired) electrons. The van der Waals surface area contributed by atoms with Gasteiger partial charge in [0.15, 0.2) is 0 Å². The van der Waals surface area contributed by atoms with Crippen molar-refractivity contribution in [2.45, 2.75) is 44.7 Å². The summed E-state index contributed by atoms with van der Waals surface area (Å²) in [6, 6.07) is 12.3. The Balaban J connectivity index is 2.28. The van der Waals surface area contributed by atoms with Crippen LogP contribution in [0.2, 0.25) is 0 Å². The lowest BCUT2D eigenvalue weighted by Crippen LogP contribution is -2.40. The number of nitrogens with zero attached hydrogens (tertiary/aromatic N) is 1. The van der Waals surface area contributed by atoms with Crippen LogP contribution in [0.15, 0.2) is 53.4 Å². The van der Waals surface area contributed by atoms with Gasteiger partial charge in [-0.3, -0.25) is 9.59 Å². The van der Waals surface area contributed by atoms with Gasteiger partial charge in [-0.1, -0.05) is 25.1 Å². The van der Waals surface area contributed by atoms with Crippen molar-refractivity contribution in [3.05, 3.63) is 54.1 Å². The van der Waals surface area contributed by atoms with Crippen LogP contribution in [0.5, 0.6) is 5.75 Å². The fraction of sp³-hybridized carbons (Fsp3) is 0.364. The first-order chi connectivity index (χ1) is 14.7. The first-order valence-corrected chi connectivity index (χ1v) is 11.3. The number of methoxy groups -OCH3 is 1. The summed E-state index contributed by atoms with van der Waals surface area (Å²) in [7, 11) is -2.66. The summed E-state index contributed by atoms with van der Waals surface area (Å²) in [5, 5.41) is 2.58. The van der Waals surface area contributed by atoms with E-state index >= 15 is 0 Å². The third kappa shape index (κ3) is 6.80. The molecule has 0 bridgehead atoms. The maximum absolute atomic E-state index is 12.8. The Hall–Kier alpha value is -2.91. The summed E-state index contributed by atoms with van der Waals surface area (Å²) in [5.41, 5.74) is 1.04. The van der Waals surface area contributed by atoms with Crippen molar-refractivity contribution in [3.63, 3.8) is 0 Å². The largest absolute Gasteiger partial charge is 0.379 e. The van der Waals surface area contributed by atoms with E-state index in [0.29, 0.717) is 11.3 Å². The highest BCUT2D eigenvalue weighted by Crippen LogP contribution is 2.26. The Morgan fingerprint density at radius 1 is 1.10 bits per heavy atom. The number of ether oxygens (including phenoxy) is 1. The maximum Gasteiger partial charge on any atom is 0.339 e. The Kier molecular flexibility index (Phi) is 8.58. The number of hydrogen-bond acceptors (Lipinski definition) is 6. The van der Waals surface area contributed by atoms with Crippen LogP contribution in [0.4, 0.5) is 5.69 Å². The summed E-state index contributed by atoms with van der Waals surface area (Å²) in [6.07, 6.45) is 0.734. The predicted molar refractivity (Wildman–Crippen MR) is 117 cm³/mol. The van der Waals surface area contributed by atoms with Gasteiger partial charge < -0.3 is 19.1 Å². The molecule has 2 amide bonds. The van der Waals surface area contributed by atoms with E-state index in [2.05, 4.69) is 5.32 Å². The Morgan fingerprint density at radius 2 is 1.74 bits per heavy atom. The van der Waals surface area contributed by atoms with E-state index in [9.17, 15) is 18.0 Å². The Morgan fingerprint density at radius 3 is 2.32 bits per heavy atom. The van der Waals surface area contributed by atoms with Gasteiger partial charge in [-0.05, 0) is 43.7 Å². The third-order valence-corrected chi connectivity index (χ3v) is 5.94. The molecule has 0 aliphatic rings. The smallest absolute Gasteiger partial charge is 0.339 e. The quantitative estimate of drug-likeness (QED) is 0.560. The molecule has 0 saturated heterocycles. The van der Waals surface area contributed by atoms with Crippen molar-refractivity contribution in [2.24, 2.45) is 0 Å². The maximum atomic E-state index is 12.8. The Labute approximate surface area is 183 Å². The molecule has 1 unspecified atom stereocenters. The lowest BCUT2D eigenvalue weighted by molar-refractivity contribution is -0.138. The van der Waals surface area contributed by atoms with Crippen LogP contribution >= 0.6 is 0 Å². The van der Waals surface area contributed by atoms with E-state index in [-0.39, 0.29) is 41.7 Å². The molecule has 1 atom stereocenters. The van der Waals surface area contributed by atoms with Crippen molar-refractivity contribution in [3.8, 4) is 5.75 Å². The van der Waals surface area contributed by atoms with Gasteiger partial charge in [0.05, 0.1) is 0 Å². The molecule has 168 valence electrons. The van der Waals surface area contributed by atoms with Crippen LogP contribution in [0.1, 0.15) is 32.8 Å². The summed E-state index contributed by atoms with van der Waals surface area (Å²) < 4.78 is 36.0. The Bertz CT molecular complexity index is 1000. The van der Waals surface area contributed by atoms with Crippen molar-refractivity contribution in [2.75, 3.05) is 19.0 Å². The highest BCUT2D eigenvalue weighted by molar-refractivity contribution is 7.87. The van der Waals surface area contributed by atoms with Crippen LogP contribution in [-0.4, -0.2) is 44.9 Å². The number of benzene rings is 2. The van der Waals surface area contributed by atoms with Crippen molar-refractivity contribution >= 4 is 27.6 Å². The van der Waals surface area contributed by atoms with Crippen LogP contribution in [0, 0.1) is 0 Å². The van der Waals surface area contributed by atoms with E-state index in [4.69, 9.17) is 8.92 Å². The van der Waals surface area contributed by atoms with Crippen molar-refractivity contribution in [1.29, 1.82) is 0 Å². The minimum absolute atomic E-state index is 0.0503. The van der Waals surface area contributed by atoms with E-state index in [0.717, 1.165) is 6.42 Å². The van der Waals surface area contributed by atoms with Gasteiger partial charge in [0.2, 0.25) is 11.8 Å². The fourth-order valence-electron chi connectivity index (χ4n) is 2.89. The molecule has 1 N–H and O–H groups in total. The molecule has 0 saturated carbocycles. The monoisotopic (exact) mass is 448 g/mol. The molecule has 0 aliphatic heterocycles. The highest BCUT2D eigenvalue weighted by atomic mass is 32.2. The fourth-order valence-corrected chi connectivity index (χ4v) is 3.85. The average Bonchev–Trinajstić information content (AvgIpc) is 2.72. The van der Waals surface area contributed by atoms with Crippen molar-refractivity contribution in [1.82, 2.24) is 4.90 Å². The van der Waals surface area contributed by atoms with Crippen LogP contribution in [-0.2, 0) is 31.0 Å². The molecule has 8 nitrogen and oxygen atoms in total. The normalized spacial score (nSPS) is 12.1. The van der Waals surface area contributed by atoms with Gasteiger partial charge in [-0.2, -0.15) is 8.42 Å². The SMILES string of the molecule is CCC(C)N(Cc1ccccc1OS(=O)(=O)c1ccc(NC(C)=O)cc1)C(=O)COC. The molecule has 0 aromatic heterocycles. The van der Waals surface area contributed by atoms with Crippen molar-refractivity contribution < 1.29 is 26.9 Å². The summed E-state index contributed by atoms with van der Waals surface area (Å²) in [5.74, 6) is -0.301. The van der Waals surface area contributed by atoms with E-state index in [1.165, 1.54) is 38.3 Å². The molecule has 0 fully saturated rings. The van der Waals surface area contributed by atoms with Gasteiger partial charge >= 0.3 is 10.1 Å². The summed E-state index contributed by atoms with van der Waals surface area (Å²) >= 11 is 0. The zero-order valence-electron chi connectivity index (χ0n) is 18.1. The third-order valence-electron chi connectivity index (χ3n) is 4.69. The first kappa shape index (κ1) is 24.4. The number of amides is 2. The van der Waals surface area contributed by atoms with Gasteiger partial charge in [-0.25, -0.2) is 0 Å². The zero-order chi connectivity index (χ0) is 23.0. The molecule has 0 aliphatic carbocycles. The van der Waals surface area contributed by atoms with Gasteiger partial charge in [0.1, 0.15) is 17.3 Å². The second kappa shape index (κ2) is 10.9. The van der Waals surface area contributed by atoms with Crippen LogP contribution < -0.4 is 9.50 Å². The number of para-hydroxylation sites is 1. The molecule has 9 heteroatoms. The number of hydrogen-bond donors (Lipinski definition) is 1. The molecule has 31 heavy (non-hydrogen) atoms. The minimum Gasteiger partial charge on any atom is -0.379 e. The van der Waals surface area contributed by atoms with Crippen LogP contribution in [0.25, 0.3) is 0 Å². The topological polar surface area (TPSA) is 102 Å². The van der Waals surface area contributed by atoms with E-state index in [1.54, 1.807) is 29.2 Å². The number of rotatable bonds is 10. The molecule has 2 rings (SSSR count). The molecule has 0 spiro atoms.